The van der Waals surface area contributed by atoms with Gasteiger partial charge in [0.25, 0.3) is 5.91 Å². The predicted octanol–water partition coefficient (Wildman–Crippen LogP) is 4.69. The van der Waals surface area contributed by atoms with Gasteiger partial charge in [-0.25, -0.2) is 4.79 Å². The van der Waals surface area contributed by atoms with Gasteiger partial charge >= 0.3 is 12.4 Å². The van der Waals surface area contributed by atoms with Crippen molar-refractivity contribution in [3.8, 4) is 17.2 Å². The van der Waals surface area contributed by atoms with Gasteiger partial charge in [-0.3, -0.25) is 4.79 Å². The monoisotopic (exact) mass is 502 g/mol. The van der Waals surface area contributed by atoms with E-state index in [9.17, 15) is 18.4 Å². The number of carbonyl (C=O) groups is 2. The van der Waals surface area contributed by atoms with E-state index in [0.717, 1.165) is 16.7 Å². The minimum Gasteiger partial charge on any atom is -0.490 e. The van der Waals surface area contributed by atoms with E-state index < -0.39 is 17.8 Å². The SMILES string of the molecule is Cc1c2c(cc3c1N(C(=O)c1cccc4c1OC(F)(F)O4)CCO3)CCN(C(=O)OC(C)(C)C)CC2. The van der Waals surface area contributed by atoms with Crippen molar-refractivity contribution >= 4 is 17.7 Å². The van der Waals surface area contributed by atoms with Gasteiger partial charge in [-0.1, -0.05) is 6.07 Å². The van der Waals surface area contributed by atoms with Crippen LogP contribution in [-0.2, 0) is 17.6 Å². The molecule has 0 fully saturated rings. The van der Waals surface area contributed by atoms with Gasteiger partial charge in [0.05, 0.1) is 17.8 Å². The molecule has 192 valence electrons. The number of alkyl halides is 2. The Balaban J connectivity index is 1.46. The van der Waals surface area contributed by atoms with Crippen molar-refractivity contribution in [1.82, 2.24) is 4.90 Å². The molecule has 0 spiro atoms. The van der Waals surface area contributed by atoms with Crippen LogP contribution >= 0.6 is 0 Å². The summed E-state index contributed by atoms with van der Waals surface area (Å²) in [6.45, 7) is 8.89. The highest BCUT2D eigenvalue weighted by Gasteiger charge is 2.46. The molecular weight excluding hydrogens is 474 g/mol. The Morgan fingerprint density at radius 1 is 1.06 bits per heavy atom. The summed E-state index contributed by atoms with van der Waals surface area (Å²) in [4.78, 5) is 29.5. The largest absolute Gasteiger partial charge is 0.586 e. The van der Waals surface area contributed by atoms with Crippen LogP contribution in [-0.4, -0.2) is 55.0 Å². The first-order chi connectivity index (χ1) is 16.9. The standard InChI is InChI=1S/C26H28F2N2O6/c1-15-17-9-11-29(24(32)36-25(2,3)4)10-8-16(17)14-20-21(15)30(12-13-33-20)23(31)18-6-5-7-19-22(18)35-26(27,28)34-19/h5-7,14H,8-13H2,1-4H3. The van der Waals surface area contributed by atoms with Crippen molar-refractivity contribution in [3.63, 3.8) is 0 Å². The van der Waals surface area contributed by atoms with Crippen LogP contribution in [0.25, 0.3) is 0 Å². The Hall–Kier alpha value is -3.56. The summed E-state index contributed by atoms with van der Waals surface area (Å²) in [5.41, 5.74) is 2.94. The van der Waals surface area contributed by atoms with Gasteiger partial charge < -0.3 is 28.7 Å². The maximum absolute atomic E-state index is 13.7. The smallest absolute Gasteiger partial charge is 0.490 e. The van der Waals surface area contributed by atoms with E-state index in [4.69, 9.17) is 9.47 Å². The first kappa shape index (κ1) is 24.1. The van der Waals surface area contributed by atoms with Crippen LogP contribution in [0.2, 0.25) is 0 Å². The molecule has 0 aromatic heterocycles. The molecule has 0 aliphatic carbocycles. The fourth-order valence-electron chi connectivity index (χ4n) is 4.87. The molecule has 0 radical (unpaired) electrons. The fraction of sp³-hybridized carbons (Fsp3) is 0.462. The summed E-state index contributed by atoms with van der Waals surface area (Å²) in [6.07, 6.45) is -2.98. The lowest BCUT2D eigenvalue weighted by Gasteiger charge is -2.33. The van der Waals surface area contributed by atoms with Crippen molar-refractivity contribution in [2.45, 2.75) is 52.4 Å². The fourth-order valence-corrected chi connectivity index (χ4v) is 4.87. The second-order valence-corrected chi connectivity index (χ2v) is 10.1. The van der Waals surface area contributed by atoms with Crippen LogP contribution in [0.1, 0.15) is 47.8 Å². The number of hydrogen-bond acceptors (Lipinski definition) is 6. The van der Waals surface area contributed by atoms with Crippen molar-refractivity contribution < 1.29 is 37.3 Å². The van der Waals surface area contributed by atoms with E-state index in [2.05, 4.69) is 9.47 Å². The molecule has 3 aliphatic heterocycles. The van der Waals surface area contributed by atoms with Crippen molar-refractivity contribution in [2.75, 3.05) is 31.1 Å². The normalized spacial score (nSPS) is 18.1. The molecule has 0 unspecified atom stereocenters. The van der Waals surface area contributed by atoms with E-state index in [-0.39, 0.29) is 36.3 Å². The molecule has 5 rings (SSSR count). The summed E-state index contributed by atoms with van der Waals surface area (Å²) in [6, 6.07) is 6.17. The lowest BCUT2D eigenvalue weighted by molar-refractivity contribution is -0.286. The zero-order chi connectivity index (χ0) is 25.8. The molecule has 0 saturated carbocycles. The number of fused-ring (bicyclic) bond motifs is 3. The number of rotatable bonds is 1. The number of anilines is 1. The number of benzene rings is 2. The maximum Gasteiger partial charge on any atom is 0.586 e. The van der Waals surface area contributed by atoms with Crippen LogP contribution in [0.4, 0.5) is 19.3 Å². The number of hydrogen-bond donors (Lipinski definition) is 0. The Kier molecular flexibility index (Phi) is 5.72. The molecule has 2 aromatic rings. The van der Waals surface area contributed by atoms with Gasteiger partial charge in [0, 0.05) is 13.1 Å². The number of para-hydroxylation sites is 1. The van der Waals surface area contributed by atoms with Gasteiger partial charge in [-0.2, -0.15) is 0 Å². The predicted molar refractivity (Wildman–Crippen MR) is 126 cm³/mol. The number of amides is 2. The molecule has 36 heavy (non-hydrogen) atoms. The van der Waals surface area contributed by atoms with Crippen LogP contribution in [0.15, 0.2) is 24.3 Å². The lowest BCUT2D eigenvalue weighted by Crippen LogP contribution is -2.39. The molecule has 0 atom stereocenters. The zero-order valence-electron chi connectivity index (χ0n) is 20.7. The lowest BCUT2D eigenvalue weighted by atomic mass is 9.94. The minimum absolute atomic E-state index is 0.0111. The van der Waals surface area contributed by atoms with Crippen LogP contribution in [0.5, 0.6) is 17.2 Å². The molecule has 3 aliphatic rings. The molecule has 3 heterocycles. The highest BCUT2D eigenvalue weighted by atomic mass is 19.3. The molecule has 0 bridgehead atoms. The molecule has 8 nitrogen and oxygen atoms in total. The van der Waals surface area contributed by atoms with E-state index in [0.29, 0.717) is 37.4 Å². The van der Waals surface area contributed by atoms with Crippen LogP contribution in [0, 0.1) is 6.92 Å². The van der Waals surface area contributed by atoms with Gasteiger partial charge in [0.1, 0.15) is 18.0 Å². The van der Waals surface area contributed by atoms with Crippen LogP contribution < -0.4 is 19.1 Å². The highest BCUT2D eigenvalue weighted by molar-refractivity contribution is 6.10. The summed E-state index contributed by atoms with van der Waals surface area (Å²) >= 11 is 0. The third kappa shape index (κ3) is 4.40. The number of halogens is 2. The Morgan fingerprint density at radius 2 is 1.81 bits per heavy atom. The third-order valence-electron chi connectivity index (χ3n) is 6.42. The molecule has 0 saturated heterocycles. The zero-order valence-corrected chi connectivity index (χ0v) is 20.7. The van der Waals surface area contributed by atoms with Crippen LogP contribution in [0.3, 0.4) is 0 Å². The molecule has 0 N–H and O–H groups in total. The quantitative estimate of drug-likeness (QED) is 0.563. The number of carbonyl (C=O) groups excluding carboxylic acids is 2. The van der Waals surface area contributed by atoms with Crippen molar-refractivity contribution in [3.05, 3.63) is 46.5 Å². The first-order valence-electron chi connectivity index (χ1n) is 11.9. The third-order valence-corrected chi connectivity index (χ3v) is 6.42. The average Bonchev–Trinajstić information content (AvgIpc) is 2.96. The summed E-state index contributed by atoms with van der Waals surface area (Å²) in [7, 11) is 0. The van der Waals surface area contributed by atoms with Gasteiger partial charge in [0.2, 0.25) is 0 Å². The van der Waals surface area contributed by atoms with E-state index in [1.165, 1.54) is 18.2 Å². The molecule has 10 heteroatoms. The Bertz CT molecular complexity index is 1240. The van der Waals surface area contributed by atoms with Gasteiger partial charge in [-0.15, -0.1) is 8.78 Å². The summed E-state index contributed by atoms with van der Waals surface area (Å²) in [5.74, 6) is -0.391. The number of ether oxygens (including phenoxy) is 4. The molecule has 2 aromatic carbocycles. The maximum atomic E-state index is 13.7. The van der Waals surface area contributed by atoms with E-state index >= 15 is 0 Å². The van der Waals surface area contributed by atoms with Gasteiger partial charge in [0.15, 0.2) is 11.5 Å². The Labute approximate surface area is 207 Å². The van der Waals surface area contributed by atoms with E-state index in [1.807, 2.05) is 33.8 Å². The number of nitrogens with zero attached hydrogens (tertiary/aromatic N) is 2. The van der Waals surface area contributed by atoms with E-state index in [1.54, 1.807) is 9.80 Å². The summed E-state index contributed by atoms with van der Waals surface area (Å²) in [5, 5.41) is 0. The Morgan fingerprint density at radius 3 is 2.56 bits per heavy atom. The average molecular weight is 503 g/mol. The first-order valence-corrected chi connectivity index (χ1v) is 11.9. The van der Waals surface area contributed by atoms with Crippen molar-refractivity contribution in [1.29, 1.82) is 0 Å². The molecular formula is C26H28F2N2O6. The summed E-state index contributed by atoms with van der Waals surface area (Å²) < 4.78 is 48.0. The molecule has 2 amide bonds. The van der Waals surface area contributed by atoms with Crippen molar-refractivity contribution in [2.24, 2.45) is 0 Å². The highest BCUT2D eigenvalue weighted by Crippen LogP contribution is 2.45. The second kappa shape index (κ2) is 8.53. The second-order valence-electron chi connectivity index (χ2n) is 10.1. The minimum atomic E-state index is -3.82. The van der Waals surface area contributed by atoms with Gasteiger partial charge in [-0.05, 0) is 75.4 Å². The topological polar surface area (TPSA) is 77.5 Å².